The third-order valence-electron chi connectivity index (χ3n) is 2.89. The molecule has 1 amide bonds. The topological polar surface area (TPSA) is 75.3 Å². The first kappa shape index (κ1) is 13.0. The van der Waals surface area contributed by atoms with E-state index >= 15 is 0 Å². The summed E-state index contributed by atoms with van der Waals surface area (Å²) in [5.74, 6) is -0.438. The van der Waals surface area contributed by atoms with Gasteiger partial charge in [0.1, 0.15) is 6.67 Å². The molecule has 0 saturated carbocycles. The minimum atomic E-state index is -3.58. The van der Waals surface area contributed by atoms with Crippen LogP contribution in [0.1, 0.15) is 15.9 Å². The molecule has 1 aromatic carbocycles. The lowest BCUT2D eigenvalue weighted by atomic mass is 9.96. The third-order valence-corrected chi connectivity index (χ3v) is 4.30. The molecule has 1 heterocycles. The van der Waals surface area contributed by atoms with Crippen LogP contribution in [-0.4, -0.2) is 34.1 Å². The van der Waals surface area contributed by atoms with Gasteiger partial charge in [-0.2, -0.15) is 0 Å². The van der Waals surface area contributed by atoms with Crippen LogP contribution in [0.4, 0.5) is 4.39 Å². The third kappa shape index (κ3) is 2.23. The number of alkyl halides is 1. The Labute approximate surface area is 104 Å². The van der Waals surface area contributed by atoms with Crippen LogP contribution in [0.15, 0.2) is 23.1 Å². The van der Waals surface area contributed by atoms with Gasteiger partial charge in [0.05, 0.1) is 10.9 Å². The quantitative estimate of drug-likeness (QED) is 0.826. The van der Waals surface area contributed by atoms with Crippen molar-refractivity contribution in [2.75, 3.05) is 13.7 Å². The van der Waals surface area contributed by atoms with Gasteiger partial charge in [0.25, 0.3) is 5.91 Å². The number of benzene rings is 1. The van der Waals surface area contributed by atoms with Crippen LogP contribution in [0, 0.1) is 0 Å². The minimum absolute atomic E-state index is 0.0256. The van der Waals surface area contributed by atoms with Gasteiger partial charge in [0.15, 0.2) is 0 Å². The summed E-state index contributed by atoms with van der Waals surface area (Å²) in [6, 6.07) is 3.75. The second-order valence-electron chi connectivity index (χ2n) is 4.06. The number of carbonyl (C=O) groups excluding carboxylic acids is 1. The first-order valence-electron chi connectivity index (χ1n) is 5.41. The fraction of sp³-hybridized carbons (Fsp3) is 0.364. The minimum Gasteiger partial charge on any atom is -0.346 e. The molecule has 1 aliphatic heterocycles. The molecule has 2 N–H and O–H groups in total. The second kappa shape index (κ2) is 4.66. The van der Waals surface area contributed by atoms with Gasteiger partial charge in [-0.25, -0.2) is 17.5 Å². The Bertz CT molecular complexity index is 586. The highest BCUT2D eigenvalue weighted by Crippen LogP contribution is 2.21. The summed E-state index contributed by atoms with van der Waals surface area (Å²) in [4.78, 5) is 11.8. The van der Waals surface area contributed by atoms with Crippen molar-refractivity contribution in [2.24, 2.45) is 0 Å². The Kier molecular flexibility index (Phi) is 3.36. The van der Waals surface area contributed by atoms with Crippen molar-refractivity contribution in [3.05, 3.63) is 29.3 Å². The number of nitrogens with one attached hydrogen (secondary N) is 2. The molecule has 5 nitrogen and oxygen atoms in total. The Balaban J connectivity index is 2.46. The highest BCUT2D eigenvalue weighted by Gasteiger charge is 2.25. The standard InChI is InChI=1S/C11H13FN2O3S/c1-13-18(16,17)9-3-2-7-4-8(6-12)14-11(15)10(7)5-9/h2-3,5,8,13H,4,6H2,1H3,(H,14,15). The first-order valence-corrected chi connectivity index (χ1v) is 6.89. The number of hydrogen-bond donors (Lipinski definition) is 2. The lowest BCUT2D eigenvalue weighted by molar-refractivity contribution is 0.0917. The lowest BCUT2D eigenvalue weighted by Crippen LogP contribution is -2.42. The van der Waals surface area contributed by atoms with Gasteiger partial charge in [-0.1, -0.05) is 6.07 Å². The van der Waals surface area contributed by atoms with Crippen LogP contribution in [0.25, 0.3) is 0 Å². The van der Waals surface area contributed by atoms with E-state index in [0.29, 0.717) is 12.0 Å². The largest absolute Gasteiger partial charge is 0.346 e. The van der Waals surface area contributed by atoms with Gasteiger partial charge in [0, 0.05) is 5.56 Å². The highest BCUT2D eigenvalue weighted by atomic mass is 32.2. The van der Waals surface area contributed by atoms with Crippen LogP contribution >= 0.6 is 0 Å². The fourth-order valence-electron chi connectivity index (χ4n) is 1.90. The second-order valence-corrected chi connectivity index (χ2v) is 5.94. The van der Waals surface area contributed by atoms with Crippen LogP contribution in [0.3, 0.4) is 0 Å². The Morgan fingerprint density at radius 3 is 2.83 bits per heavy atom. The molecule has 1 aliphatic rings. The van der Waals surface area contributed by atoms with Crippen molar-refractivity contribution in [3.8, 4) is 0 Å². The zero-order valence-electron chi connectivity index (χ0n) is 9.73. The summed E-state index contributed by atoms with van der Waals surface area (Å²) in [6.07, 6.45) is 0.372. The number of amides is 1. The molecule has 1 unspecified atom stereocenters. The smallest absolute Gasteiger partial charge is 0.251 e. The molecule has 0 spiro atoms. The molecular weight excluding hydrogens is 259 g/mol. The maximum Gasteiger partial charge on any atom is 0.251 e. The zero-order chi connectivity index (χ0) is 13.3. The Morgan fingerprint density at radius 1 is 1.50 bits per heavy atom. The SMILES string of the molecule is CNS(=O)(=O)c1ccc2c(c1)C(=O)NC(CF)C2. The van der Waals surface area contributed by atoms with E-state index in [1.807, 2.05) is 0 Å². The molecule has 98 valence electrons. The number of hydrogen-bond acceptors (Lipinski definition) is 3. The summed E-state index contributed by atoms with van der Waals surface area (Å²) >= 11 is 0. The van der Waals surface area contributed by atoms with Gasteiger partial charge >= 0.3 is 0 Å². The van der Waals surface area contributed by atoms with E-state index < -0.39 is 28.6 Å². The summed E-state index contributed by atoms with van der Waals surface area (Å²) in [7, 11) is -2.28. The van der Waals surface area contributed by atoms with E-state index in [2.05, 4.69) is 10.0 Å². The average Bonchev–Trinajstić information content (AvgIpc) is 2.38. The molecule has 0 aromatic heterocycles. The van der Waals surface area contributed by atoms with Gasteiger partial charge < -0.3 is 5.32 Å². The lowest BCUT2D eigenvalue weighted by Gasteiger charge is -2.23. The van der Waals surface area contributed by atoms with Crippen LogP contribution in [-0.2, 0) is 16.4 Å². The number of carbonyl (C=O) groups is 1. The van der Waals surface area contributed by atoms with E-state index in [9.17, 15) is 17.6 Å². The number of sulfonamides is 1. The molecule has 1 atom stereocenters. The Morgan fingerprint density at radius 2 is 2.22 bits per heavy atom. The molecular formula is C11H13FN2O3S. The summed E-state index contributed by atoms with van der Waals surface area (Å²) < 4.78 is 38.0. The molecule has 0 radical (unpaired) electrons. The molecule has 7 heteroatoms. The number of rotatable bonds is 3. The van der Waals surface area contributed by atoms with Crippen LogP contribution in [0.5, 0.6) is 0 Å². The van der Waals surface area contributed by atoms with E-state index in [1.165, 1.54) is 19.2 Å². The fourth-order valence-corrected chi connectivity index (χ4v) is 2.66. The van der Waals surface area contributed by atoms with E-state index in [0.717, 1.165) is 0 Å². The van der Waals surface area contributed by atoms with Gasteiger partial charge in [0.2, 0.25) is 10.0 Å². The van der Waals surface area contributed by atoms with Crippen LogP contribution in [0.2, 0.25) is 0 Å². The van der Waals surface area contributed by atoms with Crippen molar-refractivity contribution in [2.45, 2.75) is 17.4 Å². The molecule has 0 fully saturated rings. The van der Waals surface area contributed by atoms with Crippen molar-refractivity contribution >= 4 is 15.9 Å². The van der Waals surface area contributed by atoms with Gasteiger partial charge in [-0.15, -0.1) is 0 Å². The number of halogens is 1. The van der Waals surface area contributed by atoms with Gasteiger partial charge in [-0.05, 0) is 31.2 Å². The molecule has 0 saturated heterocycles. The highest BCUT2D eigenvalue weighted by molar-refractivity contribution is 7.89. The first-order chi connectivity index (χ1) is 8.47. The molecule has 0 aliphatic carbocycles. The average molecular weight is 272 g/mol. The predicted molar refractivity (Wildman–Crippen MR) is 63.6 cm³/mol. The maximum atomic E-state index is 12.5. The normalized spacial score (nSPS) is 19.2. The molecule has 0 bridgehead atoms. The monoisotopic (exact) mass is 272 g/mol. The van der Waals surface area contributed by atoms with E-state index in [4.69, 9.17) is 0 Å². The van der Waals surface area contributed by atoms with E-state index in [-0.39, 0.29) is 10.5 Å². The predicted octanol–water partition coefficient (Wildman–Crippen LogP) is 0.219. The Hall–Kier alpha value is -1.47. The van der Waals surface area contributed by atoms with Crippen molar-refractivity contribution < 1.29 is 17.6 Å². The molecule has 1 aromatic rings. The summed E-state index contributed by atoms with van der Waals surface area (Å²) in [5.41, 5.74) is 0.951. The summed E-state index contributed by atoms with van der Waals surface area (Å²) in [5, 5.41) is 2.49. The maximum absolute atomic E-state index is 12.5. The van der Waals surface area contributed by atoms with Crippen molar-refractivity contribution in [1.82, 2.24) is 10.0 Å². The van der Waals surface area contributed by atoms with E-state index in [1.54, 1.807) is 6.07 Å². The summed E-state index contributed by atoms with van der Waals surface area (Å²) in [6.45, 7) is -0.637. The van der Waals surface area contributed by atoms with Crippen molar-refractivity contribution in [3.63, 3.8) is 0 Å². The van der Waals surface area contributed by atoms with Crippen molar-refractivity contribution in [1.29, 1.82) is 0 Å². The zero-order valence-corrected chi connectivity index (χ0v) is 10.6. The van der Waals surface area contributed by atoms with Crippen LogP contribution < -0.4 is 10.0 Å². The molecule has 18 heavy (non-hydrogen) atoms. The number of fused-ring (bicyclic) bond motifs is 1. The van der Waals surface area contributed by atoms with Gasteiger partial charge in [-0.3, -0.25) is 4.79 Å². The molecule has 2 rings (SSSR count).